The predicted molar refractivity (Wildman–Crippen MR) is 79.0 cm³/mol. The molecule has 2 rings (SSSR count). The minimum atomic E-state index is -0.187. The van der Waals surface area contributed by atoms with Crippen LogP contribution in [0.3, 0.4) is 0 Å². The van der Waals surface area contributed by atoms with Crippen LogP contribution >= 0.6 is 0 Å². The van der Waals surface area contributed by atoms with Crippen molar-refractivity contribution in [1.29, 1.82) is 0 Å². The molecular formula is C16H22FN3. The molecular weight excluding hydrogens is 253 g/mol. The second-order valence-corrected chi connectivity index (χ2v) is 5.15. The van der Waals surface area contributed by atoms with E-state index in [0.29, 0.717) is 6.04 Å². The van der Waals surface area contributed by atoms with Crippen LogP contribution in [0.1, 0.15) is 37.6 Å². The molecule has 1 N–H and O–H groups in total. The smallest absolute Gasteiger partial charge is 0.123 e. The van der Waals surface area contributed by atoms with E-state index in [-0.39, 0.29) is 5.82 Å². The molecule has 1 aromatic heterocycles. The van der Waals surface area contributed by atoms with Crippen molar-refractivity contribution in [2.75, 3.05) is 6.54 Å². The third-order valence-corrected chi connectivity index (χ3v) is 3.40. The van der Waals surface area contributed by atoms with Gasteiger partial charge in [0, 0.05) is 18.8 Å². The van der Waals surface area contributed by atoms with E-state index in [1.807, 2.05) is 24.7 Å². The van der Waals surface area contributed by atoms with Crippen LogP contribution in [-0.4, -0.2) is 16.1 Å². The second-order valence-electron chi connectivity index (χ2n) is 5.15. The van der Waals surface area contributed by atoms with Gasteiger partial charge in [0.1, 0.15) is 5.82 Å². The summed E-state index contributed by atoms with van der Waals surface area (Å²) in [4.78, 5) is 4.24. The lowest BCUT2D eigenvalue weighted by Crippen LogP contribution is -2.18. The summed E-state index contributed by atoms with van der Waals surface area (Å²) in [5.41, 5.74) is 2.33. The lowest BCUT2D eigenvalue weighted by Gasteiger charge is -2.17. The highest BCUT2D eigenvalue weighted by Crippen LogP contribution is 2.16. The highest BCUT2D eigenvalue weighted by Gasteiger charge is 2.10. The third kappa shape index (κ3) is 3.90. The number of hydrogen-bond acceptors (Lipinski definition) is 2. The van der Waals surface area contributed by atoms with Gasteiger partial charge in [-0.2, -0.15) is 0 Å². The first-order valence-electron chi connectivity index (χ1n) is 7.16. The maximum absolute atomic E-state index is 12.9. The first-order valence-corrected chi connectivity index (χ1v) is 7.16. The summed E-state index contributed by atoms with van der Waals surface area (Å²) < 4.78 is 15.1. The molecule has 1 aromatic carbocycles. The van der Waals surface area contributed by atoms with Gasteiger partial charge in [0.25, 0.3) is 0 Å². The van der Waals surface area contributed by atoms with Gasteiger partial charge in [0.15, 0.2) is 0 Å². The predicted octanol–water partition coefficient (Wildman–Crippen LogP) is 3.33. The molecule has 0 spiro atoms. The topological polar surface area (TPSA) is 29.9 Å². The number of benzene rings is 1. The van der Waals surface area contributed by atoms with E-state index >= 15 is 0 Å². The maximum Gasteiger partial charge on any atom is 0.123 e. The largest absolute Gasteiger partial charge is 0.330 e. The van der Waals surface area contributed by atoms with E-state index in [1.54, 1.807) is 0 Å². The minimum absolute atomic E-state index is 0.187. The molecule has 0 radical (unpaired) electrons. The molecule has 1 heterocycles. The molecule has 20 heavy (non-hydrogen) atoms. The van der Waals surface area contributed by atoms with E-state index < -0.39 is 0 Å². The zero-order valence-corrected chi connectivity index (χ0v) is 12.1. The average Bonchev–Trinajstić information content (AvgIpc) is 2.90. The van der Waals surface area contributed by atoms with Gasteiger partial charge in [0.05, 0.1) is 12.0 Å². The Morgan fingerprint density at radius 3 is 2.75 bits per heavy atom. The van der Waals surface area contributed by atoms with Crippen LogP contribution in [0.5, 0.6) is 0 Å². The molecule has 4 heteroatoms. The van der Waals surface area contributed by atoms with Crippen molar-refractivity contribution in [2.24, 2.45) is 0 Å². The van der Waals surface area contributed by atoms with Crippen LogP contribution in [0.4, 0.5) is 4.39 Å². The third-order valence-electron chi connectivity index (χ3n) is 3.40. The summed E-state index contributed by atoms with van der Waals surface area (Å²) >= 11 is 0. The van der Waals surface area contributed by atoms with Crippen molar-refractivity contribution in [2.45, 2.75) is 39.3 Å². The van der Waals surface area contributed by atoms with Crippen molar-refractivity contribution >= 4 is 0 Å². The Labute approximate surface area is 119 Å². The molecule has 1 unspecified atom stereocenters. The normalized spacial score (nSPS) is 12.6. The van der Waals surface area contributed by atoms with Crippen LogP contribution in [0.15, 0.2) is 36.8 Å². The van der Waals surface area contributed by atoms with Crippen LogP contribution in [0, 0.1) is 5.82 Å². The molecule has 0 bridgehead atoms. The SMILES string of the molecule is CCCNCc1cncn1C(C)Cc1ccc(F)cc1. The van der Waals surface area contributed by atoms with Crippen molar-refractivity contribution in [3.8, 4) is 0 Å². The van der Waals surface area contributed by atoms with Crippen molar-refractivity contribution in [1.82, 2.24) is 14.9 Å². The number of nitrogens with one attached hydrogen (secondary N) is 1. The maximum atomic E-state index is 12.9. The van der Waals surface area contributed by atoms with Gasteiger partial charge in [-0.25, -0.2) is 9.37 Å². The van der Waals surface area contributed by atoms with E-state index in [4.69, 9.17) is 0 Å². The highest BCUT2D eigenvalue weighted by molar-refractivity contribution is 5.17. The number of halogens is 1. The van der Waals surface area contributed by atoms with Crippen molar-refractivity contribution in [3.05, 3.63) is 53.9 Å². The summed E-state index contributed by atoms with van der Waals surface area (Å²) in [6.45, 7) is 6.16. The van der Waals surface area contributed by atoms with Crippen molar-refractivity contribution in [3.63, 3.8) is 0 Å². The van der Waals surface area contributed by atoms with E-state index in [9.17, 15) is 4.39 Å². The van der Waals surface area contributed by atoms with Gasteiger partial charge in [-0.15, -0.1) is 0 Å². The standard InChI is InChI=1S/C16H22FN3/c1-3-8-18-10-16-11-19-12-20(16)13(2)9-14-4-6-15(17)7-5-14/h4-7,11-13,18H,3,8-10H2,1-2H3. The van der Waals surface area contributed by atoms with Crippen LogP contribution < -0.4 is 5.32 Å². The Morgan fingerprint density at radius 1 is 1.30 bits per heavy atom. The number of rotatable bonds is 7. The van der Waals surface area contributed by atoms with Crippen LogP contribution in [0.25, 0.3) is 0 Å². The van der Waals surface area contributed by atoms with Gasteiger partial charge >= 0.3 is 0 Å². The molecule has 2 aromatic rings. The Morgan fingerprint density at radius 2 is 2.05 bits per heavy atom. The Kier molecular flexibility index (Phi) is 5.30. The summed E-state index contributed by atoms with van der Waals surface area (Å²) in [6.07, 6.45) is 5.78. The fourth-order valence-electron chi connectivity index (χ4n) is 2.32. The zero-order valence-electron chi connectivity index (χ0n) is 12.1. The van der Waals surface area contributed by atoms with Crippen LogP contribution in [-0.2, 0) is 13.0 Å². The minimum Gasteiger partial charge on any atom is -0.330 e. The van der Waals surface area contributed by atoms with E-state index in [1.165, 1.54) is 17.8 Å². The zero-order chi connectivity index (χ0) is 14.4. The summed E-state index contributed by atoms with van der Waals surface area (Å²) in [5.74, 6) is -0.187. The van der Waals surface area contributed by atoms with Gasteiger partial charge in [-0.3, -0.25) is 0 Å². The van der Waals surface area contributed by atoms with Crippen molar-refractivity contribution < 1.29 is 4.39 Å². The Hall–Kier alpha value is -1.68. The average molecular weight is 275 g/mol. The molecule has 0 aliphatic rings. The molecule has 0 saturated heterocycles. The molecule has 1 atom stereocenters. The number of hydrogen-bond donors (Lipinski definition) is 1. The fraction of sp³-hybridized carbons (Fsp3) is 0.438. The molecule has 3 nitrogen and oxygen atoms in total. The molecule has 108 valence electrons. The number of aromatic nitrogens is 2. The summed E-state index contributed by atoms with van der Waals surface area (Å²) in [5, 5.41) is 3.39. The second kappa shape index (κ2) is 7.20. The van der Waals surface area contributed by atoms with Gasteiger partial charge in [0.2, 0.25) is 0 Å². The highest BCUT2D eigenvalue weighted by atomic mass is 19.1. The van der Waals surface area contributed by atoms with Crippen LogP contribution in [0.2, 0.25) is 0 Å². The number of imidazole rings is 1. The summed E-state index contributed by atoms with van der Waals surface area (Å²) in [7, 11) is 0. The van der Waals surface area contributed by atoms with Gasteiger partial charge in [-0.1, -0.05) is 19.1 Å². The molecule has 0 saturated carbocycles. The van der Waals surface area contributed by atoms with E-state index in [2.05, 4.69) is 28.7 Å². The number of nitrogens with zero attached hydrogens (tertiary/aromatic N) is 2. The lowest BCUT2D eigenvalue weighted by atomic mass is 10.1. The van der Waals surface area contributed by atoms with Gasteiger partial charge < -0.3 is 9.88 Å². The quantitative estimate of drug-likeness (QED) is 0.786. The van der Waals surface area contributed by atoms with E-state index in [0.717, 1.165) is 31.5 Å². The Balaban J connectivity index is 2.00. The molecule has 0 aliphatic heterocycles. The molecule has 0 aliphatic carbocycles. The molecule has 0 amide bonds. The fourth-order valence-corrected chi connectivity index (χ4v) is 2.32. The molecule has 0 fully saturated rings. The lowest BCUT2D eigenvalue weighted by molar-refractivity contribution is 0.510. The first kappa shape index (κ1) is 14.7. The van der Waals surface area contributed by atoms with Gasteiger partial charge in [-0.05, 0) is 44.0 Å². The summed E-state index contributed by atoms with van der Waals surface area (Å²) in [6, 6.07) is 7.02. The first-order chi connectivity index (χ1) is 9.70. The Bertz CT molecular complexity index is 519. The monoisotopic (exact) mass is 275 g/mol.